The van der Waals surface area contributed by atoms with Crippen molar-refractivity contribution in [2.24, 2.45) is 0 Å². The van der Waals surface area contributed by atoms with Crippen molar-refractivity contribution in [2.75, 3.05) is 0 Å². The van der Waals surface area contributed by atoms with E-state index >= 15 is 0 Å². The molecule has 0 aliphatic carbocycles. The van der Waals surface area contributed by atoms with E-state index in [-0.39, 0.29) is 12.2 Å². The third-order valence-corrected chi connectivity index (χ3v) is 5.56. The summed E-state index contributed by atoms with van der Waals surface area (Å²) in [6, 6.07) is 23.6. The molecule has 1 fully saturated rings. The van der Waals surface area contributed by atoms with Crippen LogP contribution in [0.3, 0.4) is 0 Å². The summed E-state index contributed by atoms with van der Waals surface area (Å²) >= 11 is 0.872. The van der Waals surface area contributed by atoms with Crippen LogP contribution in [-0.2, 0) is 11.3 Å². The SMILES string of the molecule is O=C1S/C(=C/c2ccc(-c3ccccc3)cc2)C(=O)N1Cc1cccc([N+](=O)[O-])c1. The lowest BCUT2D eigenvalue weighted by Crippen LogP contribution is -2.27. The van der Waals surface area contributed by atoms with Gasteiger partial charge in [0, 0.05) is 12.1 Å². The number of nitro benzene ring substituents is 1. The smallest absolute Gasteiger partial charge is 0.268 e. The van der Waals surface area contributed by atoms with Crippen LogP contribution in [0.15, 0.2) is 83.8 Å². The zero-order valence-electron chi connectivity index (χ0n) is 15.7. The quantitative estimate of drug-likeness (QED) is 0.312. The minimum absolute atomic E-state index is 0.00334. The Morgan fingerprint density at radius 2 is 1.60 bits per heavy atom. The van der Waals surface area contributed by atoms with Gasteiger partial charge >= 0.3 is 0 Å². The molecule has 1 aliphatic heterocycles. The van der Waals surface area contributed by atoms with Crippen LogP contribution in [0.5, 0.6) is 0 Å². The van der Waals surface area contributed by atoms with E-state index in [4.69, 9.17) is 0 Å². The zero-order chi connectivity index (χ0) is 21.1. The first-order valence-electron chi connectivity index (χ1n) is 9.15. The summed E-state index contributed by atoms with van der Waals surface area (Å²) in [5.41, 5.74) is 3.43. The molecule has 2 amide bonds. The fourth-order valence-corrected chi connectivity index (χ4v) is 3.98. The highest BCUT2D eigenvalue weighted by molar-refractivity contribution is 8.18. The lowest BCUT2D eigenvalue weighted by atomic mass is 10.0. The number of thioether (sulfide) groups is 1. The van der Waals surface area contributed by atoms with Gasteiger partial charge in [-0.05, 0) is 40.1 Å². The van der Waals surface area contributed by atoms with Crippen LogP contribution < -0.4 is 0 Å². The van der Waals surface area contributed by atoms with E-state index < -0.39 is 16.1 Å². The zero-order valence-corrected chi connectivity index (χ0v) is 16.5. The Balaban J connectivity index is 1.51. The summed E-state index contributed by atoms with van der Waals surface area (Å²) in [6.07, 6.45) is 1.69. The molecular formula is C23H16N2O4S. The third kappa shape index (κ3) is 4.16. The number of hydrogen-bond donors (Lipinski definition) is 0. The first kappa shape index (κ1) is 19.6. The third-order valence-electron chi connectivity index (χ3n) is 4.65. The highest BCUT2D eigenvalue weighted by Gasteiger charge is 2.35. The van der Waals surface area contributed by atoms with Gasteiger partial charge in [0.2, 0.25) is 0 Å². The molecule has 4 rings (SSSR count). The number of nitro groups is 1. The van der Waals surface area contributed by atoms with Gasteiger partial charge in [-0.2, -0.15) is 0 Å². The lowest BCUT2D eigenvalue weighted by Gasteiger charge is -2.12. The summed E-state index contributed by atoms with van der Waals surface area (Å²) in [6.45, 7) is -0.00334. The lowest BCUT2D eigenvalue weighted by molar-refractivity contribution is -0.384. The number of hydrogen-bond acceptors (Lipinski definition) is 5. The first-order chi connectivity index (χ1) is 14.5. The van der Waals surface area contributed by atoms with Crippen molar-refractivity contribution < 1.29 is 14.5 Å². The number of amides is 2. The van der Waals surface area contributed by atoms with Crippen LogP contribution in [0, 0.1) is 10.1 Å². The number of carbonyl (C=O) groups is 2. The van der Waals surface area contributed by atoms with Gasteiger partial charge in [0.05, 0.1) is 16.4 Å². The Morgan fingerprint density at radius 3 is 2.30 bits per heavy atom. The Kier molecular flexibility index (Phi) is 5.45. The van der Waals surface area contributed by atoms with Crippen LogP contribution in [0.2, 0.25) is 0 Å². The van der Waals surface area contributed by atoms with E-state index in [1.165, 1.54) is 18.2 Å². The van der Waals surface area contributed by atoms with E-state index in [9.17, 15) is 19.7 Å². The number of benzene rings is 3. The highest BCUT2D eigenvalue weighted by Crippen LogP contribution is 2.34. The molecule has 0 bridgehead atoms. The normalized spacial score (nSPS) is 15.1. The predicted octanol–water partition coefficient (Wildman–Crippen LogP) is 5.50. The Hall–Kier alpha value is -3.71. The molecule has 1 heterocycles. The molecule has 0 unspecified atom stereocenters. The first-order valence-corrected chi connectivity index (χ1v) is 9.97. The van der Waals surface area contributed by atoms with Gasteiger partial charge in [-0.3, -0.25) is 24.6 Å². The van der Waals surface area contributed by atoms with E-state index in [1.54, 1.807) is 12.1 Å². The maximum atomic E-state index is 12.7. The summed E-state index contributed by atoms with van der Waals surface area (Å²) in [4.78, 5) is 36.9. The summed E-state index contributed by atoms with van der Waals surface area (Å²) in [5.74, 6) is -0.399. The summed E-state index contributed by atoms with van der Waals surface area (Å²) < 4.78 is 0. The molecule has 0 spiro atoms. The second kappa shape index (κ2) is 8.34. The van der Waals surface area contributed by atoms with Crippen molar-refractivity contribution in [2.45, 2.75) is 6.54 Å². The number of non-ortho nitro benzene ring substituents is 1. The van der Waals surface area contributed by atoms with Gasteiger partial charge in [0.1, 0.15) is 0 Å². The standard InChI is InChI=1S/C23H16N2O4S/c26-22-21(14-16-9-11-19(12-10-16)18-6-2-1-3-7-18)30-23(27)24(22)15-17-5-4-8-20(13-17)25(28)29/h1-14H,15H2/b21-14+. The van der Waals surface area contributed by atoms with Crippen molar-refractivity contribution in [3.05, 3.63) is 105 Å². The van der Waals surface area contributed by atoms with Crippen LogP contribution in [0.25, 0.3) is 17.2 Å². The van der Waals surface area contributed by atoms with Crippen LogP contribution >= 0.6 is 11.8 Å². The van der Waals surface area contributed by atoms with Crippen molar-refractivity contribution in [3.8, 4) is 11.1 Å². The molecule has 3 aromatic carbocycles. The molecule has 0 radical (unpaired) electrons. The molecule has 7 heteroatoms. The molecule has 6 nitrogen and oxygen atoms in total. The molecule has 148 valence electrons. The van der Waals surface area contributed by atoms with Crippen molar-refractivity contribution in [3.63, 3.8) is 0 Å². The summed E-state index contributed by atoms with van der Waals surface area (Å²) in [7, 11) is 0. The van der Waals surface area contributed by atoms with Gasteiger partial charge in [0.15, 0.2) is 0 Å². The monoisotopic (exact) mass is 416 g/mol. The van der Waals surface area contributed by atoms with Gasteiger partial charge in [-0.1, -0.05) is 66.7 Å². The largest absolute Gasteiger partial charge is 0.293 e. The number of carbonyl (C=O) groups excluding carboxylic acids is 2. The van der Waals surface area contributed by atoms with Crippen LogP contribution in [-0.4, -0.2) is 21.0 Å². The molecule has 0 N–H and O–H groups in total. The molecule has 1 aliphatic rings. The van der Waals surface area contributed by atoms with Gasteiger partial charge in [-0.25, -0.2) is 0 Å². The second-order valence-corrected chi connectivity index (χ2v) is 7.68. The maximum Gasteiger partial charge on any atom is 0.293 e. The van der Waals surface area contributed by atoms with Gasteiger partial charge in [-0.15, -0.1) is 0 Å². The average molecular weight is 416 g/mol. The topological polar surface area (TPSA) is 80.5 Å². The van der Waals surface area contributed by atoms with Gasteiger partial charge < -0.3 is 0 Å². The average Bonchev–Trinajstić information content (AvgIpc) is 3.02. The minimum Gasteiger partial charge on any atom is -0.268 e. The molecular weight excluding hydrogens is 400 g/mol. The Labute approximate surface area is 177 Å². The summed E-state index contributed by atoms with van der Waals surface area (Å²) in [5, 5.41) is 10.5. The van der Waals surface area contributed by atoms with Gasteiger partial charge in [0.25, 0.3) is 16.8 Å². The Bertz CT molecular complexity index is 1160. The van der Waals surface area contributed by atoms with Crippen molar-refractivity contribution in [1.29, 1.82) is 0 Å². The fraction of sp³-hybridized carbons (Fsp3) is 0.0435. The highest BCUT2D eigenvalue weighted by atomic mass is 32.2. The number of rotatable bonds is 5. The number of nitrogens with zero attached hydrogens (tertiary/aromatic N) is 2. The van der Waals surface area contributed by atoms with E-state index in [1.807, 2.05) is 54.6 Å². The van der Waals surface area contributed by atoms with Crippen molar-refractivity contribution in [1.82, 2.24) is 4.90 Å². The fourth-order valence-electron chi connectivity index (χ4n) is 3.14. The van der Waals surface area contributed by atoms with E-state index in [0.717, 1.165) is 33.4 Å². The van der Waals surface area contributed by atoms with Crippen LogP contribution in [0.4, 0.5) is 10.5 Å². The molecule has 0 atom stereocenters. The molecule has 0 saturated carbocycles. The second-order valence-electron chi connectivity index (χ2n) is 6.68. The predicted molar refractivity (Wildman–Crippen MR) is 116 cm³/mol. The molecule has 0 aromatic heterocycles. The number of imide groups is 1. The Morgan fingerprint density at radius 1 is 0.900 bits per heavy atom. The minimum atomic E-state index is -0.504. The van der Waals surface area contributed by atoms with E-state index in [2.05, 4.69) is 0 Å². The molecule has 30 heavy (non-hydrogen) atoms. The molecule has 3 aromatic rings. The maximum absolute atomic E-state index is 12.7. The van der Waals surface area contributed by atoms with Crippen molar-refractivity contribution >= 4 is 34.7 Å². The van der Waals surface area contributed by atoms with Crippen LogP contribution in [0.1, 0.15) is 11.1 Å². The van der Waals surface area contributed by atoms with E-state index in [0.29, 0.717) is 10.5 Å². The molecule has 1 saturated heterocycles.